The number of nitrogens with zero attached hydrogens (tertiary/aromatic N) is 2. The largest absolute Gasteiger partial charge is 0.457 e. The summed E-state index contributed by atoms with van der Waals surface area (Å²) < 4.78 is 12.5. The van der Waals surface area contributed by atoms with Crippen LogP contribution < -0.4 is 5.32 Å². The third-order valence-electron chi connectivity index (χ3n) is 6.35. The van der Waals surface area contributed by atoms with Crippen molar-refractivity contribution >= 4 is 48.9 Å². The van der Waals surface area contributed by atoms with Gasteiger partial charge >= 0.3 is 5.97 Å². The number of hydrogen-bond acceptors (Lipinski definition) is 8. The van der Waals surface area contributed by atoms with E-state index in [4.69, 9.17) is 14.1 Å². The van der Waals surface area contributed by atoms with Gasteiger partial charge in [-0.3, -0.25) is 4.79 Å². The highest BCUT2D eigenvalue weighted by Crippen LogP contribution is 2.53. The number of β-lactam (4-membered cyclic amide) rings is 1. The van der Waals surface area contributed by atoms with Gasteiger partial charge in [-0.15, -0.1) is 11.3 Å². The fraction of sp³-hybridized carbons (Fsp3) is 0.542. The Morgan fingerprint density at radius 2 is 2.18 bits per heavy atom. The molecule has 34 heavy (non-hydrogen) atoms. The zero-order chi connectivity index (χ0) is 24.8. The minimum atomic E-state index is -1.82. The van der Waals surface area contributed by atoms with Crippen LogP contribution in [-0.4, -0.2) is 61.4 Å². The summed E-state index contributed by atoms with van der Waals surface area (Å²) in [5.74, 6) is -0.857. The molecule has 7 nitrogen and oxygen atoms in total. The quantitative estimate of drug-likeness (QED) is 0.226. The van der Waals surface area contributed by atoms with E-state index in [9.17, 15) is 9.59 Å². The molecule has 4 heterocycles. The highest BCUT2D eigenvalue weighted by atomic mass is 32.2. The lowest BCUT2D eigenvalue weighted by atomic mass is 9.79. The van der Waals surface area contributed by atoms with E-state index in [-0.39, 0.29) is 42.5 Å². The smallest absolute Gasteiger partial charge is 0.356 e. The van der Waals surface area contributed by atoms with Crippen LogP contribution in [0.5, 0.6) is 0 Å². The van der Waals surface area contributed by atoms with Gasteiger partial charge in [-0.1, -0.05) is 37.4 Å². The van der Waals surface area contributed by atoms with Crippen molar-refractivity contribution in [2.24, 2.45) is 11.8 Å². The van der Waals surface area contributed by atoms with Crippen molar-refractivity contribution in [1.29, 1.82) is 0 Å². The summed E-state index contributed by atoms with van der Waals surface area (Å²) in [6.45, 7) is 17.1. The van der Waals surface area contributed by atoms with Gasteiger partial charge in [0.05, 0.1) is 23.8 Å². The van der Waals surface area contributed by atoms with E-state index >= 15 is 0 Å². The predicted molar refractivity (Wildman–Crippen MR) is 139 cm³/mol. The van der Waals surface area contributed by atoms with E-state index in [1.807, 2.05) is 6.92 Å². The number of carbonyl (C=O) groups is 2. The number of hydrogen-bond donors (Lipinski definition) is 1. The van der Waals surface area contributed by atoms with Crippen molar-refractivity contribution in [3.63, 3.8) is 0 Å². The van der Waals surface area contributed by atoms with Crippen molar-refractivity contribution in [2.75, 3.05) is 13.2 Å². The lowest BCUT2D eigenvalue weighted by Gasteiger charge is -2.48. The van der Waals surface area contributed by atoms with E-state index < -0.39 is 14.3 Å². The third kappa shape index (κ3) is 4.70. The molecule has 0 saturated carbocycles. The van der Waals surface area contributed by atoms with E-state index in [0.717, 1.165) is 21.5 Å². The molecule has 1 N–H and O–H groups in total. The topological polar surface area (TPSA) is 80.8 Å². The molecule has 5 atom stereocenters. The molecule has 0 bridgehead atoms. The molecule has 0 aromatic carbocycles. The number of aromatic nitrogens is 1. The Morgan fingerprint density at radius 3 is 2.79 bits per heavy atom. The molecule has 0 radical (unpaired) electrons. The Balaban J connectivity index is 1.62. The fourth-order valence-electron chi connectivity index (χ4n) is 4.96. The summed E-state index contributed by atoms with van der Waals surface area (Å²) in [5, 5.41) is 5.44. The lowest BCUT2D eigenvalue weighted by Crippen LogP contribution is -2.64. The van der Waals surface area contributed by atoms with Gasteiger partial charge in [0.2, 0.25) is 5.91 Å². The van der Waals surface area contributed by atoms with Crippen molar-refractivity contribution < 1.29 is 18.8 Å². The highest BCUT2D eigenvalue weighted by Gasteiger charge is 2.61. The Morgan fingerprint density at radius 1 is 1.44 bits per heavy atom. The number of thiazole rings is 1. The van der Waals surface area contributed by atoms with Crippen LogP contribution in [0.1, 0.15) is 26.5 Å². The SMILES string of the molecule is C=CCOC(=O)C1=C(Sc2nc(C3=CCN[C@@H]3C)cs2)[C@H](C)[C@@H]2[C@@H]([C@@H](C)O[Si](C)(C)C)C(=O)N12. The Kier molecular flexibility index (Phi) is 7.26. The van der Waals surface area contributed by atoms with Gasteiger partial charge in [0.15, 0.2) is 12.7 Å². The number of esters is 1. The van der Waals surface area contributed by atoms with Gasteiger partial charge in [-0.05, 0) is 39.1 Å². The van der Waals surface area contributed by atoms with Crippen LogP contribution in [0.15, 0.2) is 39.1 Å². The van der Waals surface area contributed by atoms with Crippen LogP contribution in [0.25, 0.3) is 5.57 Å². The molecule has 1 fully saturated rings. The van der Waals surface area contributed by atoms with Gasteiger partial charge < -0.3 is 19.4 Å². The second-order valence-electron chi connectivity index (χ2n) is 9.94. The van der Waals surface area contributed by atoms with Crippen molar-refractivity contribution in [3.8, 4) is 0 Å². The number of rotatable bonds is 9. The fourth-order valence-corrected chi connectivity index (χ4v) is 8.31. The van der Waals surface area contributed by atoms with Crippen molar-refractivity contribution in [1.82, 2.24) is 15.2 Å². The first-order valence-electron chi connectivity index (χ1n) is 11.6. The highest BCUT2D eigenvalue weighted by molar-refractivity contribution is 8.04. The monoisotopic (exact) mass is 519 g/mol. The summed E-state index contributed by atoms with van der Waals surface area (Å²) in [6.07, 6.45) is 3.50. The predicted octanol–water partition coefficient (Wildman–Crippen LogP) is 4.27. The number of fused-ring (bicyclic) bond motifs is 1. The molecule has 1 aromatic heterocycles. The normalized spacial score (nSPS) is 27.4. The maximum atomic E-state index is 13.3. The molecule has 4 rings (SSSR count). The number of carbonyl (C=O) groups excluding carboxylic acids is 2. The second-order valence-corrected chi connectivity index (χ2v) is 16.5. The standard InChI is InChI=1S/C24H33N3O4S2Si/c1-8-11-30-23(29)20-21(33-24-26-17(12-32-24)16-9-10-25-14(16)3)13(2)19-18(22(28)27(19)20)15(4)31-34(5,6)7/h8-9,12-15,18-19,25H,1,10-11H2,2-7H3/t13-,14-,15-,18-,19-/m1/s1. The Labute approximate surface area is 210 Å². The molecule has 1 saturated heterocycles. The molecular formula is C24H33N3O4S2Si. The molecule has 0 unspecified atom stereocenters. The molecule has 10 heteroatoms. The van der Waals surface area contributed by atoms with E-state index in [1.54, 1.807) is 16.2 Å². The van der Waals surface area contributed by atoms with Gasteiger partial charge in [-0.2, -0.15) is 0 Å². The van der Waals surface area contributed by atoms with Gasteiger partial charge in [0.25, 0.3) is 0 Å². The number of thioether (sulfide) groups is 1. The molecule has 0 aliphatic carbocycles. The van der Waals surface area contributed by atoms with Crippen LogP contribution in [0.2, 0.25) is 19.6 Å². The van der Waals surface area contributed by atoms with Crippen molar-refractivity contribution in [3.05, 3.63) is 40.4 Å². The van der Waals surface area contributed by atoms with Gasteiger partial charge in [0, 0.05) is 28.8 Å². The Bertz CT molecular complexity index is 1060. The average molecular weight is 520 g/mol. The molecule has 0 spiro atoms. The first-order chi connectivity index (χ1) is 16.0. The van der Waals surface area contributed by atoms with Gasteiger partial charge in [-0.25, -0.2) is 9.78 Å². The summed E-state index contributed by atoms with van der Waals surface area (Å²) in [4.78, 5) is 33.6. The maximum absolute atomic E-state index is 13.3. The van der Waals surface area contributed by atoms with Crippen molar-refractivity contribution in [2.45, 2.75) is 62.9 Å². The van der Waals surface area contributed by atoms with E-state index in [2.05, 4.69) is 56.8 Å². The molecule has 3 aliphatic heterocycles. The van der Waals surface area contributed by atoms with Gasteiger partial charge in [0.1, 0.15) is 12.3 Å². The molecule has 1 amide bonds. The van der Waals surface area contributed by atoms with Crippen LogP contribution in [-0.2, 0) is 18.8 Å². The van der Waals surface area contributed by atoms with Crippen LogP contribution in [0.3, 0.4) is 0 Å². The summed E-state index contributed by atoms with van der Waals surface area (Å²) in [5.41, 5.74) is 2.50. The minimum Gasteiger partial charge on any atom is -0.457 e. The molecule has 3 aliphatic rings. The zero-order valence-electron chi connectivity index (χ0n) is 20.6. The van der Waals surface area contributed by atoms with Crippen LogP contribution in [0.4, 0.5) is 0 Å². The average Bonchev–Trinajstić information content (AvgIpc) is 3.43. The second kappa shape index (κ2) is 9.73. The first kappa shape index (κ1) is 25.4. The minimum absolute atomic E-state index is 0.0229. The summed E-state index contributed by atoms with van der Waals surface area (Å²) >= 11 is 3.03. The van der Waals surface area contributed by atoms with E-state index in [1.165, 1.54) is 23.4 Å². The lowest BCUT2D eigenvalue weighted by molar-refractivity contribution is -0.163. The zero-order valence-corrected chi connectivity index (χ0v) is 23.2. The van der Waals surface area contributed by atoms with E-state index in [0.29, 0.717) is 5.70 Å². The van der Waals surface area contributed by atoms with Crippen LogP contribution in [0, 0.1) is 11.8 Å². The molecule has 1 aromatic rings. The third-order valence-corrected chi connectivity index (χ3v) is 9.65. The summed E-state index contributed by atoms with van der Waals surface area (Å²) in [6, 6.07) is 0.149. The van der Waals surface area contributed by atoms with Crippen LogP contribution >= 0.6 is 23.1 Å². The number of nitrogens with one attached hydrogen (secondary N) is 1. The molecule has 184 valence electrons. The Hall–Kier alpha value is -1.72. The number of ether oxygens (including phenoxy) is 1. The molecular weight excluding hydrogens is 487 g/mol. The summed E-state index contributed by atoms with van der Waals surface area (Å²) in [7, 11) is -1.82. The number of amides is 1. The maximum Gasteiger partial charge on any atom is 0.356 e. The first-order valence-corrected chi connectivity index (χ1v) is 16.7.